The summed E-state index contributed by atoms with van der Waals surface area (Å²) in [5, 5.41) is 9.92. The van der Waals surface area contributed by atoms with E-state index >= 15 is 0 Å². The number of hydrogen-bond acceptors (Lipinski definition) is 7. The largest absolute Gasteiger partial charge is 0.393 e. The van der Waals surface area contributed by atoms with Crippen molar-refractivity contribution >= 4 is 23.4 Å². The topological polar surface area (TPSA) is 87.3 Å². The summed E-state index contributed by atoms with van der Waals surface area (Å²) < 4.78 is 0. The van der Waals surface area contributed by atoms with Crippen molar-refractivity contribution in [2.75, 3.05) is 30.2 Å². The molecule has 0 fully saturated rings. The van der Waals surface area contributed by atoms with E-state index in [2.05, 4.69) is 15.4 Å². The number of rotatable bonds is 6. The van der Waals surface area contributed by atoms with Crippen molar-refractivity contribution in [2.45, 2.75) is 24.6 Å². The average molecular weight is 257 g/mol. The molecule has 1 heterocycles. The molecule has 0 radical (unpaired) electrons. The zero-order chi connectivity index (χ0) is 12.8. The van der Waals surface area contributed by atoms with E-state index in [0.717, 1.165) is 12.4 Å². The minimum absolute atomic E-state index is 0.314. The first-order valence-electron chi connectivity index (χ1n) is 5.35. The third-order valence-electron chi connectivity index (χ3n) is 2.30. The Bertz CT molecular complexity index is 338. The van der Waals surface area contributed by atoms with E-state index in [-0.39, 0.29) is 6.10 Å². The molecular weight excluding hydrogens is 238 g/mol. The van der Waals surface area contributed by atoms with Crippen LogP contribution in [0.5, 0.6) is 0 Å². The second-order valence-electron chi connectivity index (χ2n) is 3.80. The van der Waals surface area contributed by atoms with Crippen LogP contribution in [0.3, 0.4) is 0 Å². The Morgan fingerprint density at radius 2 is 2.29 bits per heavy atom. The van der Waals surface area contributed by atoms with E-state index in [0.29, 0.717) is 17.4 Å². The summed E-state index contributed by atoms with van der Waals surface area (Å²) in [6, 6.07) is 1.78. The number of aliphatic hydroxyl groups is 1. The highest BCUT2D eigenvalue weighted by atomic mass is 32.2. The summed E-state index contributed by atoms with van der Waals surface area (Å²) in [5.41, 5.74) is 2.52. The van der Waals surface area contributed by atoms with E-state index in [1.54, 1.807) is 13.0 Å². The first kappa shape index (κ1) is 14.0. The van der Waals surface area contributed by atoms with Crippen LogP contribution in [0.4, 0.5) is 11.6 Å². The van der Waals surface area contributed by atoms with Gasteiger partial charge < -0.3 is 15.4 Å². The van der Waals surface area contributed by atoms with Gasteiger partial charge in [-0.15, -0.1) is 0 Å². The van der Waals surface area contributed by atoms with Gasteiger partial charge in [-0.1, -0.05) is 11.8 Å². The summed E-state index contributed by atoms with van der Waals surface area (Å²) in [6.07, 6.45) is 2.29. The third kappa shape index (κ3) is 4.37. The minimum Gasteiger partial charge on any atom is -0.393 e. The summed E-state index contributed by atoms with van der Waals surface area (Å²) in [4.78, 5) is 10.5. The molecule has 0 aromatic carbocycles. The van der Waals surface area contributed by atoms with Gasteiger partial charge in [0.05, 0.1) is 6.10 Å². The molecule has 1 aromatic heterocycles. The normalized spacial score (nSPS) is 12.3. The number of hydrazine groups is 1. The van der Waals surface area contributed by atoms with Crippen molar-refractivity contribution in [3.05, 3.63) is 6.07 Å². The summed E-state index contributed by atoms with van der Waals surface area (Å²) in [7, 11) is 1.93. The van der Waals surface area contributed by atoms with Gasteiger partial charge in [0.2, 0.25) is 0 Å². The van der Waals surface area contributed by atoms with Crippen LogP contribution in [-0.4, -0.2) is 41.0 Å². The highest BCUT2D eigenvalue weighted by Crippen LogP contribution is 2.19. The van der Waals surface area contributed by atoms with Crippen molar-refractivity contribution in [3.8, 4) is 0 Å². The van der Waals surface area contributed by atoms with Crippen molar-refractivity contribution < 1.29 is 5.11 Å². The third-order valence-corrected chi connectivity index (χ3v) is 2.84. The number of nitrogen functional groups attached to an aromatic ring is 1. The molecule has 0 amide bonds. The molecule has 0 aliphatic carbocycles. The Kier molecular flexibility index (Phi) is 5.46. The van der Waals surface area contributed by atoms with Crippen molar-refractivity contribution in [1.82, 2.24) is 9.97 Å². The van der Waals surface area contributed by atoms with E-state index in [1.807, 2.05) is 18.2 Å². The van der Waals surface area contributed by atoms with Crippen molar-refractivity contribution in [2.24, 2.45) is 5.84 Å². The fourth-order valence-corrected chi connectivity index (χ4v) is 1.64. The zero-order valence-electron chi connectivity index (χ0n) is 10.3. The number of nitrogens with one attached hydrogen (secondary N) is 1. The minimum atomic E-state index is -0.314. The Morgan fingerprint density at radius 1 is 1.59 bits per heavy atom. The average Bonchev–Trinajstić information content (AvgIpc) is 2.34. The van der Waals surface area contributed by atoms with E-state index in [1.165, 1.54) is 11.8 Å². The van der Waals surface area contributed by atoms with Gasteiger partial charge >= 0.3 is 0 Å². The Balaban J connectivity index is 2.80. The molecule has 0 bridgehead atoms. The lowest BCUT2D eigenvalue weighted by Crippen LogP contribution is -2.23. The van der Waals surface area contributed by atoms with E-state index in [4.69, 9.17) is 5.84 Å². The molecule has 1 atom stereocenters. The standard InChI is InChI=1S/C10H19N5OS/c1-7(16)4-5-15(2)9-6-8(14-11)12-10(13-9)17-3/h6-7,16H,4-5,11H2,1-3H3,(H,12,13,14). The van der Waals surface area contributed by atoms with Crippen molar-refractivity contribution in [3.63, 3.8) is 0 Å². The molecule has 0 aliphatic heterocycles. The summed E-state index contributed by atoms with van der Waals surface area (Å²) in [5.74, 6) is 6.73. The maximum Gasteiger partial charge on any atom is 0.191 e. The second kappa shape index (κ2) is 6.63. The number of aliphatic hydroxyl groups excluding tert-OH is 1. The molecular formula is C10H19N5OS. The van der Waals surface area contributed by atoms with Crippen LogP contribution in [0.1, 0.15) is 13.3 Å². The Hall–Kier alpha value is -1.05. The van der Waals surface area contributed by atoms with E-state index < -0.39 is 0 Å². The van der Waals surface area contributed by atoms with Gasteiger partial charge in [-0.2, -0.15) is 0 Å². The molecule has 1 unspecified atom stereocenters. The van der Waals surface area contributed by atoms with Crippen LogP contribution in [0, 0.1) is 0 Å². The molecule has 1 rings (SSSR count). The molecule has 0 saturated heterocycles. The quantitative estimate of drug-likeness (QED) is 0.299. The van der Waals surface area contributed by atoms with Gasteiger partial charge in [0.25, 0.3) is 0 Å². The number of thioether (sulfide) groups is 1. The van der Waals surface area contributed by atoms with Crippen molar-refractivity contribution in [1.29, 1.82) is 0 Å². The predicted molar refractivity (Wildman–Crippen MR) is 71.2 cm³/mol. The lowest BCUT2D eigenvalue weighted by Gasteiger charge is -2.19. The van der Waals surface area contributed by atoms with Gasteiger partial charge in [-0.3, -0.25) is 0 Å². The number of hydrogen-bond donors (Lipinski definition) is 3. The second-order valence-corrected chi connectivity index (χ2v) is 4.58. The number of nitrogens with two attached hydrogens (primary N) is 1. The zero-order valence-corrected chi connectivity index (χ0v) is 11.2. The van der Waals surface area contributed by atoms with Crippen LogP contribution in [0.15, 0.2) is 11.2 Å². The maximum absolute atomic E-state index is 9.25. The fourth-order valence-electron chi connectivity index (χ4n) is 1.27. The molecule has 4 N–H and O–H groups in total. The van der Waals surface area contributed by atoms with Gasteiger partial charge in [0.15, 0.2) is 5.16 Å². The molecule has 0 saturated carbocycles. The SMILES string of the molecule is CSc1nc(NN)cc(N(C)CCC(C)O)n1. The lowest BCUT2D eigenvalue weighted by molar-refractivity contribution is 0.187. The maximum atomic E-state index is 9.25. The van der Waals surface area contributed by atoms with Crippen LogP contribution >= 0.6 is 11.8 Å². The Morgan fingerprint density at radius 3 is 2.82 bits per heavy atom. The molecule has 6 nitrogen and oxygen atoms in total. The number of aromatic nitrogens is 2. The smallest absolute Gasteiger partial charge is 0.191 e. The van der Waals surface area contributed by atoms with Gasteiger partial charge in [-0.05, 0) is 19.6 Å². The molecule has 17 heavy (non-hydrogen) atoms. The van der Waals surface area contributed by atoms with Crippen LogP contribution in [-0.2, 0) is 0 Å². The number of anilines is 2. The lowest BCUT2D eigenvalue weighted by atomic mass is 10.3. The first-order valence-corrected chi connectivity index (χ1v) is 6.58. The molecule has 96 valence electrons. The number of nitrogens with zero attached hydrogens (tertiary/aromatic N) is 3. The van der Waals surface area contributed by atoms with Gasteiger partial charge in [0, 0.05) is 19.7 Å². The molecule has 7 heteroatoms. The van der Waals surface area contributed by atoms with E-state index in [9.17, 15) is 5.11 Å². The molecule has 1 aromatic rings. The molecule has 0 spiro atoms. The Labute approximate surface area is 106 Å². The molecule has 0 aliphatic rings. The van der Waals surface area contributed by atoms with Gasteiger partial charge in [0.1, 0.15) is 11.6 Å². The van der Waals surface area contributed by atoms with Crippen LogP contribution in [0.25, 0.3) is 0 Å². The van der Waals surface area contributed by atoms with Crippen LogP contribution in [0.2, 0.25) is 0 Å². The summed E-state index contributed by atoms with van der Waals surface area (Å²) >= 11 is 1.46. The highest BCUT2D eigenvalue weighted by Gasteiger charge is 2.08. The predicted octanol–water partition coefficient (Wildman–Crippen LogP) is 0.691. The summed E-state index contributed by atoms with van der Waals surface area (Å²) in [6.45, 7) is 2.50. The van der Waals surface area contributed by atoms with Crippen LogP contribution < -0.4 is 16.2 Å². The fraction of sp³-hybridized carbons (Fsp3) is 0.600. The highest BCUT2D eigenvalue weighted by molar-refractivity contribution is 7.98. The monoisotopic (exact) mass is 257 g/mol. The first-order chi connectivity index (χ1) is 8.06. The van der Waals surface area contributed by atoms with Gasteiger partial charge in [-0.25, -0.2) is 15.8 Å².